The van der Waals surface area contributed by atoms with Crippen molar-refractivity contribution in [3.05, 3.63) is 41.5 Å². The van der Waals surface area contributed by atoms with Crippen LogP contribution in [0.25, 0.3) is 0 Å². The van der Waals surface area contributed by atoms with Crippen LogP contribution in [0.5, 0.6) is 5.75 Å². The summed E-state index contributed by atoms with van der Waals surface area (Å²) >= 11 is 0. The van der Waals surface area contributed by atoms with Crippen LogP contribution in [0.3, 0.4) is 0 Å². The quantitative estimate of drug-likeness (QED) is 0.750. The number of fused-ring (bicyclic) bond motifs is 2. The normalized spacial score (nSPS) is 36.4. The second-order valence-electron chi connectivity index (χ2n) is 6.35. The number of allylic oxidation sites excluding steroid dienone is 1. The number of ether oxygens (including phenoxy) is 2. The van der Waals surface area contributed by atoms with Crippen LogP contribution in [0.2, 0.25) is 0 Å². The maximum atomic E-state index is 6.23. The fourth-order valence-corrected chi connectivity index (χ4v) is 4.04. The lowest BCUT2D eigenvalue weighted by Gasteiger charge is -2.47. The summed E-state index contributed by atoms with van der Waals surface area (Å²) in [6, 6.07) is 8.34. The van der Waals surface area contributed by atoms with Crippen molar-refractivity contribution in [3.63, 3.8) is 0 Å². The molecule has 3 rings (SSSR count). The molecule has 2 heteroatoms. The van der Waals surface area contributed by atoms with Gasteiger partial charge in [0.1, 0.15) is 5.75 Å². The molecule has 0 saturated carbocycles. The molecule has 0 radical (unpaired) electrons. The molecule has 1 aliphatic heterocycles. The number of methoxy groups -OCH3 is 1. The molecule has 0 amide bonds. The molecule has 1 aliphatic carbocycles. The van der Waals surface area contributed by atoms with Gasteiger partial charge in [0, 0.05) is 5.92 Å². The van der Waals surface area contributed by atoms with E-state index in [9.17, 15) is 0 Å². The van der Waals surface area contributed by atoms with E-state index in [1.165, 1.54) is 11.1 Å². The highest BCUT2D eigenvalue weighted by Crippen LogP contribution is 2.49. The third-order valence-corrected chi connectivity index (χ3v) is 5.21. The lowest BCUT2D eigenvalue weighted by atomic mass is 9.64. The fraction of sp³-hybridized carbons (Fsp3) is 0.556. The zero-order chi connectivity index (χ0) is 14.3. The molecular formula is C18H24O2. The van der Waals surface area contributed by atoms with E-state index in [0.29, 0.717) is 23.7 Å². The van der Waals surface area contributed by atoms with Gasteiger partial charge >= 0.3 is 0 Å². The molecule has 2 aliphatic rings. The van der Waals surface area contributed by atoms with E-state index in [1.807, 2.05) is 12.1 Å². The summed E-state index contributed by atoms with van der Waals surface area (Å²) in [7, 11) is 1.70. The van der Waals surface area contributed by atoms with Crippen LogP contribution < -0.4 is 4.74 Å². The fourth-order valence-electron chi connectivity index (χ4n) is 4.04. The maximum absolute atomic E-state index is 6.23. The Hall–Kier alpha value is -1.28. The van der Waals surface area contributed by atoms with Crippen molar-refractivity contribution in [1.82, 2.24) is 0 Å². The van der Waals surface area contributed by atoms with Crippen LogP contribution in [0.15, 0.2) is 35.9 Å². The highest BCUT2D eigenvalue weighted by atomic mass is 16.5. The SMILES string of the molecule is COc1ccc([C@H]2OC[C@H]3[C@H](C)[C@@H]2C(C)=C[C@H]3C)cc1. The van der Waals surface area contributed by atoms with Crippen LogP contribution in [0.1, 0.15) is 32.4 Å². The maximum Gasteiger partial charge on any atom is 0.118 e. The van der Waals surface area contributed by atoms with Gasteiger partial charge in [-0.1, -0.05) is 37.6 Å². The first-order valence-corrected chi connectivity index (χ1v) is 7.55. The van der Waals surface area contributed by atoms with Crippen LogP contribution in [0, 0.1) is 23.7 Å². The van der Waals surface area contributed by atoms with Crippen molar-refractivity contribution in [2.75, 3.05) is 13.7 Å². The summed E-state index contributed by atoms with van der Waals surface area (Å²) in [6.07, 6.45) is 2.64. The van der Waals surface area contributed by atoms with Gasteiger partial charge in [-0.15, -0.1) is 0 Å². The van der Waals surface area contributed by atoms with E-state index in [1.54, 1.807) is 7.11 Å². The highest BCUT2D eigenvalue weighted by molar-refractivity contribution is 5.31. The summed E-state index contributed by atoms with van der Waals surface area (Å²) in [5, 5.41) is 0. The third kappa shape index (κ3) is 2.16. The Morgan fingerprint density at radius 2 is 1.85 bits per heavy atom. The Balaban J connectivity index is 1.92. The molecule has 0 spiro atoms. The summed E-state index contributed by atoms with van der Waals surface area (Å²) in [6.45, 7) is 7.84. The Bertz CT molecular complexity index is 503. The highest BCUT2D eigenvalue weighted by Gasteiger charge is 2.43. The zero-order valence-corrected chi connectivity index (χ0v) is 12.8. The third-order valence-electron chi connectivity index (χ3n) is 5.21. The van der Waals surface area contributed by atoms with Gasteiger partial charge in [0.05, 0.1) is 19.8 Å². The topological polar surface area (TPSA) is 18.5 Å². The molecule has 1 fully saturated rings. The Labute approximate surface area is 121 Å². The monoisotopic (exact) mass is 272 g/mol. The molecule has 1 heterocycles. The predicted molar refractivity (Wildman–Crippen MR) is 80.8 cm³/mol. The molecule has 2 nitrogen and oxygen atoms in total. The minimum absolute atomic E-state index is 0.191. The van der Waals surface area contributed by atoms with E-state index in [2.05, 4.69) is 39.0 Å². The van der Waals surface area contributed by atoms with Gasteiger partial charge in [-0.25, -0.2) is 0 Å². The molecule has 108 valence electrons. The molecule has 1 aromatic carbocycles. The average Bonchev–Trinajstić information content (AvgIpc) is 2.45. The molecular weight excluding hydrogens is 248 g/mol. The van der Waals surface area contributed by atoms with E-state index in [0.717, 1.165) is 12.4 Å². The molecule has 20 heavy (non-hydrogen) atoms. The molecule has 0 aromatic heterocycles. The van der Waals surface area contributed by atoms with Crippen molar-refractivity contribution in [2.45, 2.75) is 26.9 Å². The van der Waals surface area contributed by atoms with E-state index in [4.69, 9.17) is 9.47 Å². The van der Waals surface area contributed by atoms with Gasteiger partial charge in [0.15, 0.2) is 0 Å². The summed E-state index contributed by atoms with van der Waals surface area (Å²) in [4.78, 5) is 0. The summed E-state index contributed by atoms with van der Waals surface area (Å²) in [5.74, 6) is 3.41. The second-order valence-corrected chi connectivity index (χ2v) is 6.35. The first-order chi connectivity index (χ1) is 9.61. The molecule has 2 bridgehead atoms. The lowest BCUT2D eigenvalue weighted by molar-refractivity contribution is -0.0934. The number of benzene rings is 1. The molecule has 0 unspecified atom stereocenters. The largest absolute Gasteiger partial charge is 0.497 e. The van der Waals surface area contributed by atoms with Crippen molar-refractivity contribution in [3.8, 4) is 5.75 Å². The van der Waals surface area contributed by atoms with Gasteiger partial charge in [-0.2, -0.15) is 0 Å². The van der Waals surface area contributed by atoms with Crippen LogP contribution in [0.4, 0.5) is 0 Å². The Kier molecular flexibility index (Phi) is 3.59. The van der Waals surface area contributed by atoms with E-state index >= 15 is 0 Å². The van der Waals surface area contributed by atoms with E-state index in [-0.39, 0.29) is 6.10 Å². The van der Waals surface area contributed by atoms with E-state index < -0.39 is 0 Å². The zero-order valence-electron chi connectivity index (χ0n) is 12.8. The minimum atomic E-state index is 0.191. The van der Waals surface area contributed by atoms with Gasteiger partial charge in [0.2, 0.25) is 0 Å². The number of rotatable bonds is 2. The smallest absolute Gasteiger partial charge is 0.118 e. The van der Waals surface area contributed by atoms with Gasteiger partial charge in [-0.3, -0.25) is 0 Å². The molecule has 1 aromatic rings. The van der Waals surface area contributed by atoms with Gasteiger partial charge in [-0.05, 0) is 42.4 Å². The van der Waals surface area contributed by atoms with Crippen LogP contribution in [-0.2, 0) is 4.74 Å². The van der Waals surface area contributed by atoms with Crippen molar-refractivity contribution < 1.29 is 9.47 Å². The lowest BCUT2D eigenvalue weighted by Crippen LogP contribution is -2.42. The molecule has 1 saturated heterocycles. The Morgan fingerprint density at radius 1 is 1.15 bits per heavy atom. The van der Waals surface area contributed by atoms with Crippen LogP contribution >= 0.6 is 0 Å². The molecule has 0 N–H and O–H groups in total. The van der Waals surface area contributed by atoms with Crippen LogP contribution in [-0.4, -0.2) is 13.7 Å². The first-order valence-electron chi connectivity index (χ1n) is 7.55. The minimum Gasteiger partial charge on any atom is -0.497 e. The van der Waals surface area contributed by atoms with Crippen molar-refractivity contribution in [2.24, 2.45) is 23.7 Å². The summed E-state index contributed by atoms with van der Waals surface area (Å²) < 4.78 is 11.5. The molecule has 5 atom stereocenters. The van der Waals surface area contributed by atoms with Crippen molar-refractivity contribution in [1.29, 1.82) is 0 Å². The number of hydrogen-bond donors (Lipinski definition) is 0. The van der Waals surface area contributed by atoms with Gasteiger partial charge in [0.25, 0.3) is 0 Å². The number of hydrogen-bond acceptors (Lipinski definition) is 2. The summed E-state index contributed by atoms with van der Waals surface area (Å²) in [5.41, 5.74) is 2.75. The Morgan fingerprint density at radius 3 is 2.50 bits per heavy atom. The second kappa shape index (κ2) is 5.25. The first kappa shape index (κ1) is 13.7. The van der Waals surface area contributed by atoms with Gasteiger partial charge < -0.3 is 9.47 Å². The predicted octanol–water partition coefficient (Wildman–Crippen LogP) is 4.23. The average molecular weight is 272 g/mol. The standard InChI is InChI=1S/C18H24O2/c1-11-9-12(2)17-13(3)16(11)10-20-18(17)14-5-7-15(19-4)8-6-14/h5-9,11,13,16-18H,10H2,1-4H3/t11-,13+,16-,17+,18-/m1/s1. The van der Waals surface area contributed by atoms with Crippen molar-refractivity contribution >= 4 is 0 Å².